The Morgan fingerprint density at radius 2 is 1.03 bits per heavy atom. The molecule has 0 spiro atoms. The summed E-state index contributed by atoms with van der Waals surface area (Å²) in [6.45, 7) is 0.606. The Morgan fingerprint density at radius 1 is 0.603 bits per heavy atom. The largest absolute Gasteiger partial charge is 0.416 e. The number of likely N-dealkylation sites (N-methyl/N-ethyl adjacent to an activating group) is 3. The van der Waals surface area contributed by atoms with E-state index in [0.717, 1.165) is 24.3 Å². The average Bonchev–Trinajstić information content (AvgIpc) is 3.26. The number of benzene rings is 4. The lowest BCUT2D eigenvalue weighted by molar-refractivity contribution is -0.138. The fourth-order valence-electron chi connectivity index (χ4n) is 8.11. The molecule has 322 valence electrons. The lowest BCUT2D eigenvalue weighted by Crippen LogP contribution is -2.53. The molecular weight excluding hydrogens is 831 g/mol. The first kappa shape index (κ1) is 43.5. The molecule has 18 heteroatoms. The molecule has 0 fully saturated rings. The number of hydrogen-bond acceptors (Lipinski definition) is 6. The molecular formula is C45H36F6N8O4. The van der Waals surface area contributed by atoms with E-state index in [1.807, 2.05) is 12.1 Å². The van der Waals surface area contributed by atoms with Crippen molar-refractivity contribution in [2.24, 2.45) is 0 Å². The molecule has 6 amide bonds. The zero-order valence-electron chi connectivity index (χ0n) is 33.8. The van der Waals surface area contributed by atoms with E-state index in [2.05, 4.69) is 5.32 Å². The maximum Gasteiger partial charge on any atom is 0.416 e. The Kier molecular flexibility index (Phi) is 11.5. The van der Waals surface area contributed by atoms with Crippen LogP contribution in [0.3, 0.4) is 0 Å². The minimum Gasteiger partial charge on any atom is -0.352 e. The first-order chi connectivity index (χ1) is 29.8. The number of carbonyl (C=O) groups is 4. The Bertz CT molecular complexity index is 2660. The van der Waals surface area contributed by atoms with E-state index in [4.69, 9.17) is 10.5 Å². The number of anilines is 2. The van der Waals surface area contributed by atoms with Crippen molar-refractivity contribution in [1.29, 1.82) is 10.5 Å². The predicted molar refractivity (Wildman–Crippen MR) is 216 cm³/mol. The normalized spacial score (nSPS) is 19.2. The number of rotatable bonds is 4. The van der Waals surface area contributed by atoms with Crippen molar-refractivity contribution in [2.75, 3.05) is 44.0 Å². The van der Waals surface area contributed by atoms with Crippen molar-refractivity contribution >= 4 is 35.3 Å². The van der Waals surface area contributed by atoms with Crippen LogP contribution in [0.4, 0.5) is 47.3 Å². The number of nitriles is 2. The van der Waals surface area contributed by atoms with Crippen LogP contribution in [0.1, 0.15) is 58.3 Å². The van der Waals surface area contributed by atoms with Crippen LogP contribution in [0.5, 0.6) is 0 Å². The van der Waals surface area contributed by atoms with E-state index in [1.54, 1.807) is 55.6 Å². The van der Waals surface area contributed by atoms with Gasteiger partial charge in [-0.2, -0.15) is 36.9 Å². The minimum absolute atomic E-state index is 0.0483. The van der Waals surface area contributed by atoms with Gasteiger partial charge in [0.2, 0.25) is 0 Å². The molecule has 4 aromatic carbocycles. The van der Waals surface area contributed by atoms with Crippen LogP contribution < -0.4 is 15.1 Å². The molecule has 4 aromatic rings. The smallest absolute Gasteiger partial charge is 0.352 e. The third-order valence-corrected chi connectivity index (χ3v) is 11.2. The second kappa shape index (κ2) is 16.7. The van der Waals surface area contributed by atoms with Gasteiger partial charge in [0.25, 0.3) is 11.8 Å². The number of alkyl halides is 6. The molecule has 4 aliphatic heterocycles. The zero-order chi connectivity index (χ0) is 45.5. The van der Waals surface area contributed by atoms with Crippen molar-refractivity contribution in [3.05, 3.63) is 153 Å². The summed E-state index contributed by atoms with van der Waals surface area (Å²) in [6, 6.07) is 23.6. The number of urea groups is 2. The first-order valence-corrected chi connectivity index (χ1v) is 19.3. The number of halogens is 6. The third-order valence-electron chi connectivity index (χ3n) is 11.2. The van der Waals surface area contributed by atoms with Crippen LogP contribution in [0.25, 0.3) is 0 Å². The van der Waals surface area contributed by atoms with Gasteiger partial charge >= 0.3 is 24.4 Å². The van der Waals surface area contributed by atoms with E-state index in [9.17, 15) is 45.5 Å². The molecule has 0 aliphatic carbocycles. The van der Waals surface area contributed by atoms with Crippen molar-refractivity contribution in [2.45, 2.75) is 37.3 Å². The SMILES string of the molecule is CN1C(=O)N(c2cccc(C(F)(F)F)c2)C2=C(C(=O)NCC2)[C@H]1c1ccc(C#N)cc1.CN1CCC2=C(C1=O)[C@@H](c1ccc(C#N)cc1)N(C)C(=O)N2c1cccc(C(F)(F)F)c1. The zero-order valence-corrected chi connectivity index (χ0v) is 33.8. The van der Waals surface area contributed by atoms with Gasteiger partial charge in [-0.1, -0.05) is 36.4 Å². The fourth-order valence-corrected chi connectivity index (χ4v) is 8.11. The summed E-state index contributed by atoms with van der Waals surface area (Å²) < 4.78 is 79.6. The summed E-state index contributed by atoms with van der Waals surface area (Å²) >= 11 is 0. The van der Waals surface area contributed by atoms with Crippen LogP contribution >= 0.6 is 0 Å². The molecule has 1 N–H and O–H groups in total. The van der Waals surface area contributed by atoms with Crippen molar-refractivity contribution < 1.29 is 45.5 Å². The molecule has 63 heavy (non-hydrogen) atoms. The number of hydrogen-bond donors (Lipinski definition) is 1. The fraction of sp³-hybridized carbons (Fsp3) is 0.244. The van der Waals surface area contributed by atoms with Gasteiger partial charge in [0, 0.05) is 58.5 Å². The monoisotopic (exact) mass is 866 g/mol. The van der Waals surface area contributed by atoms with Crippen LogP contribution in [0, 0.1) is 22.7 Å². The Labute approximate surface area is 357 Å². The average molecular weight is 867 g/mol. The maximum atomic E-state index is 13.4. The van der Waals surface area contributed by atoms with Gasteiger partial charge in [-0.15, -0.1) is 0 Å². The molecule has 4 aliphatic rings. The quantitative estimate of drug-likeness (QED) is 0.205. The molecule has 0 bridgehead atoms. The van der Waals surface area contributed by atoms with Gasteiger partial charge < -0.3 is 20.0 Å². The van der Waals surface area contributed by atoms with Crippen molar-refractivity contribution in [3.63, 3.8) is 0 Å². The van der Waals surface area contributed by atoms with Crippen molar-refractivity contribution in [3.8, 4) is 12.1 Å². The summed E-state index contributed by atoms with van der Waals surface area (Å²) in [5.74, 6) is -0.677. The highest BCUT2D eigenvalue weighted by atomic mass is 19.4. The minimum atomic E-state index is -4.56. The second-order valence-corrected chi connectivity index (χ2v) is 15.0. The summed E-state index contributed by atoms with van der Waals surface area (Å²) in [7, 11) is 4.65. The van der Waals surface area contributed by atoms with Crippen LogP contribution in [-0.4, -0.2) is 72.8 Å². The molecule has 0 saturated heterocycles. The highest BCUT2D eigenvalue weighted by Gasteiger charge is 2.46. The van der Waals surface area contributed by atoms with Crippen LogP contribution in [-0.2, 0) is 21.9 Å². The lowest BCUT2D eigenvalue weighted by atomic mass is 9.88. The van der Waals surface area contributed by atoms with Gasteiger partial charge in [-0.3, -0.25) is 19.4 Å². The molecule has 12 nitrogen and oxygen atoms in total. The lowest BCUT2D eigenvalue weighted by Gasteiger charge is -2.45. The van der Waals surface area contributed by atoms with E-state index in [1.165, 1.54) is 62.9 Å². The van der Waals surface area contributed by atoms with E-state index in [0.29, 0.717) is 64.2 Å². The molecule has 0 radical (unpaired) electrons. The van der Waals surface area contributed by atoms with Crippen LogP contribution in [0.2, 0.25) is 0 Å². The number of carbonyl (C=O) groups excluding carboxylic acids is 4. The third kappa shape index (κ3) is 8.15. The highest BCUT2D eigenvalue weighted by molar-refractivity contribution is 6.07. The summed E-state index contributed by atoms with van der Waals surface area (Å²) in [4.78, 5) is 59.3. The molecule has 0 aromatic heterocycles. The predicted octanol–water partition coefficient (Wildman–Crippen LogP) is 8.27. The molecule has 0 unspecified atom stereocenters. The number of nitrogens with zero attached hydrogens (tertiary/aromatic N) is 7. The van der Waals surface area contributed by atoms with Gasteiger partial charge in [0.05, 0.1) is 69.0 Å². The van der Waals surface area contributed by atoms with Gasteiger partial charge in [-0.25, -0.2) is 9.59 Å². The topological polar surface area (TPSA) is 144 Å². The van der Waals surface area contributed by atoms with E-state index >= 15 is 0 Å². The summed E-state index contributed by atoms with van der Waals surface area (Å²) in [5.41, 5.74) is 1.89. The Hall–Kier alpha value is -7.60. The molecule has 2 atom stereocenters. The van der Waals surface area contributed by atoms with Crippen molar-refractivity contribution in [1.82, 2.24) is 20.0 Å². The van der Waals surface area contributed by atoms with E-state index < -0.39 is 47.6 Å². The molecule has 8 rings (SSSR count). The van der Waals surface area contributed by atoms with Crippen LogP contribution in [0.15, 0.2) is 120 Å². The van der Waals surface area contributed by atoms with E-state index in [-0.39, 0.29) is 29.7 Å². The van der Waals surface area contributed by atoms with Gasteiger partial charge in [-0.05, 0) is 71.8 Å². The highest BCUT2D eigenvalue weighted by Crippen LogP contribution is 2.44. The van der Waals surface area contributed by atoms with Gasteiger partial charge in [0.15, 0.2) is 0 Å². The Morgan fingerprint density at radius 3 is 1.46 bits per heavy atom. The standard InChI is InChI=1S/C23H19F3N4O2.C22H17F3N4O2/c1-28-11-10-18-19(21(28)31)20(15-8-6-14(13-27)7-9-15)29(2)22(32)30(18)17-5-3-4-16(12-17)23(24,25)26;1-28-19(14-7-5-13(12-26)6-8-14)18-17(9-10-27-20(18)30)29(21(28)31)16-4-2-3-15(11-16)22(23,24)25/h3-9,12,20H,10-11H2,1-2H3;2-8,11,19H,9-10H2,1H3,(H,27,30)/t20-;19-/m11/s1. The summed E-state index contributed by atoms with van der Waals surface area (Å²) in [5, 5.41) is 20.8. The first-order valence-electron chi connectivity index (χ1n) is 19.3. The Balaban J connectivity index is 0.000000189. The molecule has 0 saturated carbocycles. The van der Waals surface area contributed by atoms with Gasteiger partial charge in [0.1, 0.15) is 0 Å². The number of nitrogens with one attached hydrogen (secondary N) is 1. The number of amides is 6. The maximum absolute atomic E-state index is 13.4. The molecule has 4 heterocycles. The second-order valence-electron chi connectivity index (χ2n) is 15.0. The summed E-state index contributed by atoms with van der Waals surface area (Å²) in [6.07, 6.45) is -8.51.